The second kappa shape index (κ2) is 8.09. The lowest BCUT2D eigenvalue weighted by molar-refractivity contribution is 0.300. The van der Waals surface area contributed by atoms with E-state index in [0.717, 1.165) is 5.56 Å². The molecular formula is C17H14BrFN4OS. The van der Waals surface area contributed by atoms with E-state index >= 15 is 0 Å². The Hall–Kier alpha value is -2.45. The van der Waals surface area contributed by atoms with Gasteiger partial charge in [0.05, 0.1) is 6.21 Å². The molecule has 1 heterocycles. The van der Waals surface area contributed by atoms with Crippen molar-refractivity contribution < 1.29 is 9.13 Å². The van der Waals surface area contributed by atoms with Crippen LogP contribution in [0.3, 0.4) is 0 Å². The first-order valence-electron chi connectivity index (χ1n) is 7.27. The second-order valence-corrected chi connectivity index (χ2v) is 6.82. The Balaban J connectivity index is 1.61. The second-order valence-electron chi connectivity index (χ2n) is 5.04. The Morgan fingerprint density at radius 2 is 2.20 bits per heavy atom. The van der Waals surface area contributed by atoms with E-state index in [1.807, 2.05) is 24.3 Å². The molecule has 0 aliphatic carbocycles. The van der Waals surface area contributed by atoms with Gasteiger partial charge in [-0.15, -0.1) is 11.3 Å². The first-order valence-corrected chi connectivity index (χ1v) is 8.94. The van der Waals surface area contributed by atoms with Gasteiger partial charge in [-0.05, 0) is 29.8 Å². The van der Waals surface area contributed by atoms with Crippen molar-refractivity contribution in [1.82, 2.24) is 4.98 Å². The fourth-order valence-corrected chi connectivity index (χ4v) is 2.87. The Labute approximate surface area is 156 Å². The molecule has 0 bridgehead atoms. The number of rotatable bonds is 6. The molecule has 0 unspecified atom stereocenters. The van der Waals surface area contributed by atoms with Gasteiger partial charge in [-0.2, -0.15) is 5.10 Å². The highest BCUT2D eigenvalue weighted by Crippen LogP contribution is 2.19. The average molecular weight is 421 g/mol. The van der Waals surface area contributed by atoms with Crippen LogP contribution in [0.5, 0.6) is 5.75 Å². The molecule has 0 saturated carbocycles. The quantitative estimate of drug-likeness (QED) is 0.449. The van der Waals surface area contributed by atoms with E-state index in [-0.39, 0.29) is 12.4 Å². The number of hydrogen-bond acceptors (Lipinski definition) is 6. The molecular weight excluding hydrogens is 407 g/mol. The number of nitrogens with two attached hydrogens (primary N) is 1. The fourth-order valence-electron chi connectivity index (χ4n) is 1.98. The van der Waals surface area contributed by atoms with Gasteiger partial charge in [0.1, 0.15) is 24.0 Å². The molecule has 0 amide bonds. The van der Waals surface area contributed by atoms with E-state index < -0.39 is 0 Å². The number of hydrazone groups is 1. The molecule has 0 radical (unpaired) electrons. The Kier molecular flexibility index (Phi) is 5.62. The van der Waals surface area contributed by atoms with Gasteiger partial charge in [0.25, 0.3) is 0 Å². The van der Waals surface area contributed by atoms with Gasteiger partial charge in [0.15, 0.2) is 0 Å². The largest absolute Gasteiger partial charge is 0.489 e. The summed E-state index contributed by atoms with van der Waals surface area (Å²) in [5.41, 5.74) is 9.68. The van der Waals surface area contributed by atoms with Crippen LogP contribution in [0.1, 0.15) is 11.1 Å². The summed E-state index contributed by atoms with van der Waals surface area (Å²) in [5.74, 6) is 0.780. The third-order valence-corrected chi connectivity index (χ3v) is 4.42. The predicted octanol–water partition coefficient (Wildman–Crippen LogP) is 4.65. The molecule has 0 spiro atoms. The molecule has 0 atom stereocenters. The highest BCUT2D eigenvalue weighted by atomic mass is 79.9. The Morgan fingerprint density at radius 1 is 1.32 bits per heavy atom. The standard InChI is InChI=1S/C17H14BrFN4OS/c18-13-5-4-12(15(19)7-13)9-24-14-3-1-2-11(6-14)8-21-23-17-22-16(20)10-25-17/h1-8,10H,9,20H2,(H,22,23). The normalized spacial score (nSPS) is 11.0. The van der Waals surface area contributed by atoms with Crippen LogP contribution in [0.25, 0.3) is 0 Å². The topological polar surface area (TPSA) is 72.5 Å². The van der Waals surface area contributed by atoms with E-state index in [9.17, 15) is 4.39 Å². The van der Waals surface area contributed by atoms with E-state index in [0.29, 0.717) is 26.7 Å². The Bertz CT molecular complexity index is 900. The summed E-state index contributed by atoms with van der Waals surface area (Å²) in [6.45, 7) is 0.149. The fraction of sp³-hybridized carbons (Fsp3) is 0.0588. The van der Waals surface area contributed by atoms with Crippen LogP contribution < -0.4 is 15.9 Å². The molecule has 3 N–H and O–H groups in total. The number of aromatic nitrogens is 1. The average Bonchev–Trinajstić information content (AvgIpc) is 3.00. The van der Waals surface area contributed by atoms with E-state index in [2.05, 4.69) is 31.4 Å². The predicted molar refractivity (Wildman–Crippen MR) is 103 cm³/mol. The number of nitrogens with zero attached hydrogens (tertiary/aromatic N) is 2. The first-order chi connectivity index (χ1) is 12.1. The van der Waals surface area contributed by atoms with Crippen LogP contribution in [0.15, 0.2) is 57.4 Å². The zero-order valence-electron chi connectivity index (χ0n) is 12.9. The van der Waals surface area contributed by atoms with Crippen LogP contribution in [0, 0.1) is 5.82 Å². The molecule has 8 heteroatoms. The van der Waals surface area contributed by atoms with Crippen molar-refractivity contribution in [3.05, 3.63) is 69.3 Å². The van der Waals surface area contributed by atoms with Crippen molar-refractivity contribution in [2.24, 2.45) is 5.10 Å². The molecule has 2 aromatic carbocycles. The highest BCUT2D eigenvalue weighted by Gasteiger charge is 2.04. The molecule has 3 aromatic rings. The third kappa shape index (κ3) is 5.01. The number of nitrogen functional groups attached to an aromatic ring is 1. The van der Waals surface area contributed by atoms with Crippen LogP contribution in [0.2, 0.25) is 0 Å². The van der Waals surface area contributed by atoms with Crippen LogP contribution in [0.4, 0.5) is 15.3 Å². The molecule has 128 valence electrons. The minimum Gasteiger partial charge on any atom is -0.489 e. The van der Waals surface area contributed by atoms with Crippen molar-refractivity contribution in [3.8, 4) is 5.75 Å². The van der Waals surface area contributed by atoms with Gasteiger partial charge in [-0.25, -0.2) is 9.37 Å². The molecule has 3 rings (SSSR count). The van der Waals surface area contributed by atoms with E-state index in [1.54, 1.807) is 23.7 Å². The zero-order valence-corrected chi connectivity index (χ0v) is 15.3. The maximum atomic E-state index is 13.8. The van der Waals surface area contributed by atoms with Gasteiger partial charge in [-0.3, -0.25) is 5.43 Å². The van der Waals surface area contributed by atoms with Crippen molar-refractivity contribution in [3.63, 3.8) is 0 Å². The maximum Gasteiger partial charge on any atom is 0.205 e. The minimum absolute atomic E-state index is 0.149. The number of benzene rings is 2. The zero-order chi connectivity index (χ0) is 17.6. The minimum atomic E-state index is -0.306. The number of thiazole rings is 1. The number of nitrogens with one attached hydrogen (secondary N) is 1. The lowest BCUT2D eigenvalue weighted by Gasteiger charge is -2.08. The molecule has 0 saturated heterocycles. The number of hydrogen-bond donors (Lipinski definition) is 2. The summed E-state index contributed by atoms with van der Waals surface area (Å²) in [7, 11) is 0. The highest BCUT2D eigenvalue weighted by molar-refractivity contribution is 9.10. The molecule has 0 aliphatic heterocycles. The van der Waals surface area contributed by atoms with Crippen molar-refractivity contribution in [2.75, 3.05) is 11.2 Å². The number of halogens is 2. The number of anilines is 2. The van der Waals surface area contributed by atoms with Gasteiger partial charge in [0.2, 0.25) is 5.13 Å². The summed E-state index contributed by atoms with van der Waals surface area (Å²) < 4.78 is 20.2. The van der Waals surface area contributed by atoms with Crippen molar-refractivity contribution in [2.45, 2.75) is 6.61 Å². The van der Waals surface area contributed by atoms with Gasteiger partial charge < -0.3 is 10.5 Å². The van der Waals surface area contributed by atoms with Crippen LogP contribution in [-0.4, -0.2) is 11.2 Å². The molecule has 5 nitrogen and oxygen atoms in total. The summed E-state index contributed by atoms with van der Waals surface area (Å²) in [6.07, 6.45) is 1.64. The summed E-state index contributed by atoms with van der Waals surface area (Å²) in [4.78, 5) is 4.04. The summed E-state index contributed by atoms with van der Waals surface area (Å²) in [5, 5.41) is 6.45. The summed E-state index contributed by atoms with van der Waals surface area (Å²) >= 11 is 4.60. The van der Waals surface area contributed by atoms with Gasteiger partial charge >= 0.3 is 0 Å². The van der Waals surface area contributed by atoms with Gasteiger partial charge in [0, 0.05) is 15.4 Å². The van der Waals surface area contributed by atoms with Gasteiger partial charge in [-0.1, -0.05) is 34.1 Å². The molecule has 0 aliphatic rings. The van der Waals surface area contributed by atoms with Crippen molar-refractivity contribution >= 4 is 44.4 Å². The monoisotopic (exact) mass is 420 g/mol. The Morgan fingerprint density at radius 3 is 2.96 bits per heavy atom. The molecule has 25 heavy (non-hydrogen) atoms. The molecule has 1 aromatic heterocycles. The third-order valence-electron chi connectivity index (χ3n) is 3.16. The lowest BCUT2D eigenvalue weighted by atomic mass is 10.2. The SMILES string of the molecule is Nc1csc(NN=Cc2cccc(OCc3ccc(Br)cc3F)c2)n1. The number of ether oxygens (including phenoxy) is 1. The van der Waals surface area contributed by atoms with Crippen LogP contribution >= 0.6 is 27.3 Å². The van der Waals surface area contributed by atoms with Crippen molar-refractivity contribution in [1.29, 1.82) is 0 Å². The summed E-state index contributed by atoms with van der Waals surface area (Å²) in [6, 6.07) is 12.2. The lowest BCUT2D eigenvalue weighted by Crippen LogP contribution is -1.99. The van der Waals surface area contributed by atoms with E-state index in [1.165, 1.54) is 17.4 Å². The molecule has 0 fully saturated rings. The first kappa shape index (κ1) is 17.4. The maximum absolute atomic E-state index is 13.8. The van der Waals surface area contributed by atoms with Crippen LogP contribution in [-0.2, 0) is 6.61 Å². The van der Waals surface area contributed by atoms with E-state index in [4.69, 9.17) is 10.5 Å². The smallest absolute Gasteiger partial charge is 0.205 e.